The molecule has 4 heteroatoms. The smallest absolute Gasteiger partial charge is 0.306 e. The molecule has 284 valence electrons. The maximum Gasteiger partial charge on any atom is 0.306 e. The average molecular weight is 677 g/mol. The van der Waals surface area contributed by atoms with E-state index >= 15 is 0 Å². The minimum atomic E-state index is -0.528. The van der Waals surface area contributed by atoms with Crippen molar-refractivity contribution in [2.45, 2.75) is 232 Å². The highest BCUT2D eigenvalue weighted by Crippen LogP contribution is 2.15. The zero-order chi connectivity index (χ0) is 34.9. The highest BCUT2D eigenvalue weighted by molar-refractivity contribution is 5.69. The van der Waals surface area contributed by atoms with Gasteiger partial charge in [-0.1, -0.05) is 199 Å². The number of allylic oxidation sites excluding steroid dienone is 4. The summed E-state index contributed by atoms with van der Waals surface area (Å²) in [5, 5.41) is 9.56. The number of aliphatic hydroxyl groups excluding tert-OH is 1. The van der Waals surface area contributed by atoms with E-state index in [4.69, 9.17) is 9.47 Å². The molecule has 0 spiro atoms. The third kappa shape index (κ3) is 39.3. The molecule has 0 saturated heterocycles. The van der Waals surface area contributed by atoms with Crippen LogP contribution in [0.15, 0.2) is 24.3 Å². The quantitative estimate of drug-likeness (QED) is 0.0399. The van der Waals surface area contributed by atoms with Crippen LogP contribution in [0.25, 0.3) is 0 Å². The van der Waals surface area contributed by atoms with Crippen LogP contribution in [0.3, 0.4) is 0 Å². The van der Waals surface area contributed by atoms with Gasteiger partial charge in [0, 0.05) is 13.0 Å². The van der Waals surface area contributed by atoms with E-state index in [0.717, 1.165) is 25.7 Å². The summed E-state index contributed by atoms with van der Waals surface area (Å²) < 4.78 is 11.1. The molecule has 0 amide bonds. The average Bonchev–Trinajstić information content (AvgIpc) is 3.09. The molecule has 0 aliphatic carbocycles. The van der Waals surface area contributed by atoms with E-state index in [1.807, 2.05) is 0 Å². The Morgan fingerprint density at radius 3 is 1.29 bits per heavy atom. The van der Waals surface area contributed by atoms with Gasteiger partial charge in [0.2, 0.25) is 0 Å². The first-order valence-electron chi connectivity index (χ1n) is 21.4. The molecule has 0 heterocycles. The van der Waals surface area contributed by atoms with E-state index in [2.05, 4.69) is 38.2 Å². The molecule has 0 aliphatic rings. The minimum Gasteiger partial charge on any atom is -0.457 e. The van der Waals surface area contributed by atoms with Gasteiger partial charge in [0.15, 0.2) is 0 Å². The first-order chi connectivity index (χ1) is 23.7. The van der Waals surface area contributed by atoms with Crippen molar-refractivity contribution in [1.29, 1.82) is 0 Å². The van der Waals surface area contributed by atoms with E-state index in [0.29, 0.717) is 19.6 Å². The van der Waals surface area contributed by atoms with Gasteiger partial charge in [-0.3, -0.25) is 4.79 Å². The molecule has 0 aromatic heterocycles. The van der Waals surface area contributed by atoms with Crippen molar-refractivity contribution in [3.05, 3.63) is 24.3 Å². The Kier molecular flexibility index (Phi) is 41.0. The van der Waals surface area contributed by atoms with Crippen LogP contribution < -0.4 is 0 Å². The van der Waals surface area contributed by atoms with Crippen LogP contribution in [0.2, 0.25) is 0 Å². The van der Waals surface area contributed by atoms with Gasteiger partial charge in [-0.25, -0.2) is 0 Å². The Balaban J connectivity index is 3.35. The maximum absolute atomic E-state index is 12.1. The van der Waals surface area contributed by atoms with E-state index in [1.165, 1.54) is 180 Å². The lowest BCUT2D eigenvalue weighted by Crippen LogP contribution is -2.27. The Morgan fingerprint density at radius 1 is 0.500 bits per heavy atom. The normalized spacial score (nSPS) is 12.5. The van der Waals surface area contributed by atoms with Crippen molar-refractivity contribution in [1.82, 2.24) is 0 Å². The fourth-order valence-electron chi connectivity index (χ4n) is 6.30. The maximum atomic E-state index is 12.1. The lowest BCUT2D eigenvalue weighted by atomic mass is 10.0. The summed E-state index contributed by atoms with van der Waals surface area (Å²) in [7, 11) is 0. The van der Waals surface area contributed by atoms with Crippen LogP contribution >= 0.6 is 0 Å². The van der Waals surface area contributed by atoms with Gasteiger partial charge in [0.05, 0.1) is 13.2 Å². The number of aliphatic hydroxyl groups is 1. The molecule has 0 bridgehead atoms. The Labute approximate surface area is 300 Å². The Hall–Kier alpha value is -1.13. The van der Waals surface area contributed by atoms with E-state index < -0.39 is 6.10 Å². The molecule has 48 heavy (non-hydrogen) atoms. The van der Waals surface area contributed by atoms with Crippen molar-refractivity contribution >= 4 is 5.97 Å². The molecule has 0 radical (unpaired) electrons. The monoisotopic (exact) mass is 677 g/mol. The second-order valence-electron chi connectivity index (χ2n) is 14.4. The SMILES string of the molecule is CCCCCCC/C=C\C/C=C\CCCCCCCCCCCCCCCCOCC(CO)OC(=O)CCCCCCCCCCCC. The zero-order valence-corrected chi connectivity index (χ0v) is 32.5. The standard InChI is InChI=1S/C44H84O4/c1-3-5-7-9-11-13-15-16-17-18-19-20-21-22-23-24-25-26-27-28-29-30-32-34-36-38-40-47-42-43(41-45)48-44(46)39-37-35-33-31-14-12-10-8-6-4-2/h15-16,18-19,43,45H,3-14,17,20-42H2,1-2H3/b16-15-,19-18-. The van der Waals surface area contributed by atoms with Crippen molar-refractivity contribution in [3.8, 4) is 0 Å². The van der Waals surface area contributed by atoms with Crippen molar-refractivity contribution < 1.29 is 19.4 Å². The Bertz CT molecular complexity index is 673. The topological polar surface area (TPSA) is 55.8 Å². The van der Waals surface area contributed by atoms with Crippen LogP contribution in [0, 0.1) is 0 Å². The van der Waals surface area contributed by atoms with Gasteiger partial charge < -0.3 is 14.6 Å². The van der Waals surface area contributed by atoms with E-state index in [1.54, 1.807) is 0 Å². The highest BCUT2D eigenvalue weighted by Gasteiger charge is 2.13. The number of unbranched alkanes of at least 4 members (excludes halogenated alkanes) is 28. The summed E-state index contributed by atoms with van der Waals surface area (Å²) in [6.07, 6.45) is 51.0. The van der Waals surface area contributed by atoms with Gasteiger partial charge in [0.25, 0.3) is 0 Å². The second-order valence-corrected chi connectivity index (χ2v) is 14.4. The second kappa shape index (κ2) is 42.0. The van der Waals surface area contributed by atoms with Crippen LogP contribution in [0.4, 0.5) is 0 Å². The van der Waals surface area contributed by atoms with Crippen LogP contribution in [0.1, 0.15) is 226 Å². The lowest BCUT2D eigenvalue weighted by molar-refractivity contribution is -0.154. The third-order valence-corrected chi connectivity index (χ3v) is 9.53. The molecule has 0 fully saturated rings. The lowest BCUT2D eigenvalue weighted by Gasteiger charge is -2.16. The molecule has 0 rings (SSSR count). The molecule has 0 aromatic carbocycles. The number of hydrogen-bond donors (Lipinski definition) is 1. The number of rotatable bonds is 40. The summed E-state index contributed by atoms with van der Waals surface area (Å²) in [6, 6.07) is 0. The van der Waals surface area contributed by atoms with Crippen LogP contribution in [0.5, 0.6) is 0 Å². The van der Waals surface area contributed by atoms with Gasteiger partial charge in [-0.2, -0.15) is 0 Å². The number of esters is 1. The first-order valence-corrected chi connectivity index (χ1v) is 21.4. The summed E-state index contributed by atoms with van der Waals surface area (Å²) >= 11 is 0. The van der Waals surface area contributed by atoms with Gasteiger partial charge in [-0.15, -0.1) is 0 Å². The van der Waals surface area contributed by atoms with Crippen LogP contribution in [-0.2, 0) is 14.3 Å². The molecular weight excluding hydrogens is 592 g/mol. The molecule has 1 atom stereocenters. The number of hydrogen-bond acceptors (Lipinski definition) is 4. The van der Waals surface area contributed by atoms with Crippen molar-refractivity contribution in [3.63, 3.8) is 0 Å². The zero-order valence-electron chi connectivity index (χ0n) is 32.5. The Morgan fingerprint density at radius 2 is 0.875 bits per heavy atom. The van der Waals surface area contributed by atoms with E-state index in [-0.39, 0.29) is 12.6 Å². The number of carbonyl (C=O) groups excluding carboxylic acids is 1. The molecule has 0 aromatic rings. The molecule has 1 unspecified atom stereocenters. The van der Waals surface area contributed by atoms with Gasteiger partial charge in [0.1, 0.15) is 6.10 Å². The predicted octanol–water partition coefficient (Wildman–Crippen LogP) is 13.9. The van der Waals surface area contributed by atoms with Gasteiger partial charge >= 0.3 is 5.97 Å². The molecule has 4 nitrogen and oxygen atoms in total. The summed E-state index contributed by atoms with van der Waals surface area (Å²) in [5.74, 6) is -0.200. The van der Waals surface area contributed by atoms with Crippen molar-refractivity contribution in [2.24, 2.45) is 0 Å². The number of carbonyl (C=O) groups is 1. The summed E-state index contributed by atoms with van der Waals surface area (Å²) in [4.78, 5) is 12.1. The fraction of sp³-hybridized carbons (Fsp3) is 0.886. The third-order valence-electron chi connectivity index (χ3n) is 9.53. The molecular formula is C44H84O4. The van der Waals surface area contributed by atoms with Crippen molar-refractivity contribution in [2.75, 3.05) is 19.8 Å². The van der Waals surface area contributed by atoms with Crippen LogP contribution in [-0.4, -0.2) is 37.0 Å². The molecule has 0 saturated carbocycles. The summed E-state index contributed by atoms with van der Waals surface area (Å²) in [5.41, 5.74) is 0. The first kappa shape index (κ1) is 46.9. The molecule has 0 aliphatic heterocycles. The predicted molar refractivity (Wildman–Crippen MR) is 210 cm³/mol. The van der Waals surface area contributed by atoms with Gasteiger partial charge in [-0.05, 0) is 44.9 Å². The fourth-order valence-corrected chi connectivity index (χ4v) is 6.30. The summed E-state index contributed by atoms with van der Waals surface area (Å²) in [6.45, 7) is 5.35. The highest BCUT2D eigenvalue weighted by atomic mass is 16.6. The largest absolute Gasteiger partial charge is 0.457 e. The number of ether oxygens (including phenoxy) is 2. The van der Waals surface area contributed by atoms with E-state index in [9.17, 15) is 9.90 Å². The molecule has 1 N–H and O–H groups in total. The minimum absolute atomic E-state index is 0.167.